The van der Waals surface area contributed by atoms with Crippen molar-refractivity contribution in [2.45, 2.75) is 31.0 Å². The molecule has 0 bridgehead atoms. The van der Waals surface area contributed by atoms with Crippen LogP contribution in [0.1, 0.15) is 44.9 Å². The predicted octanol–water partition coefficient (Wildman–Crippen LogP) is -0.590. The third kappa shape index (κ3) is 2.98. The van der Waals surface area contributed by atoms with Crippen LogP contribution in [0.5, 0.6) is 0 Å². The number of imide groups is 2. The fourth-order valence-corrected chi connectivity index (χ4v) is 4.56. The minimum Gasteiger partial charge on any atom is -0.336 e. The monoisotopic (exact) mass is 422 g/mol. The predicted molar refractivity (Wildman–Crippen MR) is 108 cm³/mol. The zero-order valence-electron chi connectivity index (χ0n) is 17.0. The molecule has 0 radical (unpaired) electrons. The molecule has 0 aliphatic carbocycles. The third-order valence-corrected chi connectivity index (χ3v) is 6.27. The smallest absolute Gasteiger partial charge is 0.262 e. The fourth-order valence-electron chi connectivity index (χ4n) is 4.56. The molecule has 1 aromatic heterocycles. The van der Waals surface area contributed by atoms with Crippen LogP contribution in [0.2, 0.25) is 0 Å². The molecule has 2 saturated heterocycles. The highest BCUT2D eigenvalue weighted by molar-refractivity contribution is 6.24. The highest BCUT2D eigenvalue weighted by atomic mass is 16.2. The molecule has 1 aromatic carbocycles. The maximum atomic E-state index is 13.2. The van der Waals surface area contributed by atoms with E-state index in [4.69, 9.17) is 0 Å². The Balaban J connectivity index is 1.42. The summed E-state index contributed by atoms with van der Waals surface area (Å²) in [5.74, 6) is -1.10. The number of carbonyl (C=O) groups is 4. The molecule has 1 unspecified atom stereocenters. The summed E-state index contributed by atoms with van der Waals surface area (Å²) in [6.45, 7) is 1.75. The van der Waals surface area contributed by atoms with Gasteiger partial charge in [0.25, 0.3) is 11.8 Å². The molecule has 10 nitrogen and oxygen atoms in total. The van der Waals surface area contributed by atoms with Crippen LogP contribution in [-0.4, -0.2) is 57.2 Å². The first kappa shape index (κ1) is 19.6. The number of nitrogens with zero attached hydrogens (tertiary/aromatic N) is 3. The van der Waals surface area contributed by atoms with Gasteiger partial charge in [0, 0.05) is 45.5 Å². The number of hydrogen-bond donors (Lipinski definition) is 3. The van der Waals surface area contributed by atoms with E-state index in [1.54, 1.807) is 18.3 Å². The molecular formula is C21H22N6O4. The van der Waals surface area contributed by atoms with Gasteiger partial charge < -0.3 is 9.88 Å². The Hall–Kier alpha value is -3.37. The van der Waals surface area contributed by atoms with Crippen LogP contribution in [0.3, 0.4) is 0 Å². The molecule has 10 heteroatoms. The number of imidazole rings is 1. The minimum absolute atomic E-state index is 0.0947. The summed E-state index contributed by atoms with van der Waals surface area (Å²) in [5.41, 5.74) is 0.917. The molecule has 3 N–H and O–H groups in total. The summed E-state index contributed by atoms with van der Waals surface area (Å²) in [4.78, 5) is 55.4. The summed E-state index contributed by atoms with van der Waals surface area (Å²) >= 11 is 0. The first-order valence-corrected chi connectivity index (χ1v) is 10.2. The summed E-state index contributed by atoms with van der Waals surface area (Å²) in [6, 6.07) is 4.18. The van der Waals surface area contributed by atoms with Crippen LogP contribution in [0, 0.1) is 0 Å². The number of aryl methyl sites for hydroxylation is 1. The number of benzene rings is 1. The molecule has 1 atom stereocenters. The van der Waals surface area contributed by atoms with Crippen molar-refractivity contribution in [3.05, 3.63) is 53.1 Å². The van der Waals surface area contributed by atoms with E-state index in [-0.39, 0.29) is 23.9 Å². The average Bonchev–Trinajstić information content (AvgIpc) is 3.24. The van der Waals surface area contributed by atoms with Gasteiger partial charge >= 0.3 is 0 Å². The van der Waals surface area contributed by atoms with Gasteiger partial charge in [-0.1, -0.05) is 12.1 Å². The number of carbonyl (C=O) groups excluding carboxylic acids is 4. The lowest BCUT2D eigenvalue weighted by molar-refractivity contribution is -0.136. The van der Waals surface area contributed by atoms with Crippen LogP contribution in [-0.2, 0) is 28.7 Å². The van der Waals surface area contributed by atoms with Crippen LogP contribution in [0.15, 0.2) is 30.6 Å². The fraction of sp³-hybridized carbons (Fsp3) is 0.381. The Morgan fingerprint density at radius 1 is 1.19 bits per heavy atom. The van der Waals surface area contributed by atoms with E-state index < -0.39 is 29.7 Å². The lowest BCUT2D eigenvalue weighted by atomic mass is 9.90. The van der Waals surface area contributed by atoms with Gasteiger partial charge in [-0.15, -0.1) is 0 Å². The van der Waals surface area contributed by atoms with Crippen LogP contribution >= 0.6 is 0 Å². The molecule has 31 heavy (non-hydrogen) atoms. The van der Waals surface area contributed by atoms with Gasteiger partial charge in [0.1, 0.15) is 17.4 Å². The Labute approximate surface area is 178 Å². The van der Waals surface area contributed by atoms with Gasteiger partial charge in [-0.25, -0.2) is 4.98 Å². The maximum Gasteiger partial charge on any atom is 0.262 e. The summed E-state index contributed by atoms with van der Waals surface area (Å²) < 4.78 is 1.96. The first-order chi connectivity index (χ1) is 14.9. The van der Waals surface area contributed by atoms with Crippen LogP contribution < -0.4 is 16.0 Å². The van der Waals surface area contributed by atoms with Crippen molar-refractivity contribution in [2.24, 2.45) is 7.05 Å². The minimum atomic E-state index is -0.972. The van der Waals surface area contributed by atoms with E-state index >= 15 is 0 Å². The van der Waals surface area contributed by atoms with Crippen molar-refractivity contribution in [1.82, 2.24) is 30.4 Å². The molecule has 3 aliphatic rings. The van der Waals surface area contributed by atoms with Gasteiger partial charge in [0.2, 0.25) is 11.8 Å². The SMILES string of the molecule is Cn1ccnc1C1(NCc2cccc3c2C(=O)N(C2CCC(=O)NC2=O)C3=O)CNC1. The molecule has 4 heterocycles. The van der Waals surface area contributed by atoms with E-state index in [0.717, 1.165) is 10.7 Å². The lowest BCUT2D eigenvalue weighted by Gasteiger charge is -2.42. The molecule has 0 saturated carbocycles. The van der Waals surface area contributed by atoms with E-state index in [1.165, 1.54) is 0 Å². The number of amides is 4. The zero-order valence-corrected chi connectivity index (χ0v) is 17.0. The number of rotatable bonds is 5. The van der Waals surface area contributed by atoms with Crippen LogP contribution in [0.25, 0.3) is 0 Å². The molecule has 5 rings (SSSR count). The van der Waals surface area contributed by atoms with Crippen LogP contribution in [0.4, 0.5) is 0 Å². The molecule has 0 spiro atoms. The van der Waals surface area contributed by atoms with Gasteiger partial charge in [-0.3, -0.25) is 34.7 Å². The highest BCUT2D eigenvalue weighted by Gasteiger charge is 2.46. The van der Waals surface area contributed by atoms with Crippen molar-refractivity contribution in [1.29, 1.82) is 0 Å². The molecule has 4 amide bonds. The Morgan fingerprint density at radius 2 is 2.00 bits per heavy atom. The van der Waals surface area contributed by atoms with Crippen molar-refractivity contribution in [2.75, 3.05) is 13.1 Å². The normalized spacial score (nSPS) is 22.4. The topological polar surface area (TPSA) is 125 Å². The first-order valence-electron chi connectivity index (χ1n) is 10.2. The lowest BCUT2D eigenvalue weighted by Crippen LogP contribution is -2.65. The van der Waals surface area contributed by atoms with Gasteiger partial charge in [0.15, 0.2) is 0 Å². The Morgan fingerprint density at radius 3 is 2.65 bits per heavy atom. The quantitative estimate of drug-likeness (QED) is 0.550. The molecule has 160 valence electrons. The van der Waals surface area contributed by atoms with Gasteiger partial charge in [0.05, 0.1) is 11.1 Å². The van der Waals surface area contributed by atoms with Crippen molar-refractivity contribution in [3.8, 4) is 0 Å². The highest BCUT2D eigenvalue weighted by Crippen LogP contribution is 2.31. The summed E-state index contributed by atoms with van der Waals surface area (Å²) in [5, 5.41) is 9.00. The van der Waals surface area contributed by atoms with E-state index in [1.807, 2.05) is 23.9 Å². The average molecular weight is 422 g/mol. The maximum absolute atomic E-state index is 13.2. The molecular weight excluding hydrogens is 400 g/mol. The second-order valence-electron chi connectivity index (χ2n) is 8.19. The third-order valence-electron chi connectivity index (χ3n) is 6.27. The van der Waals surface area contributed by atoms with Crippen molar-refractivity contribution < 1.29 is 19.2 Å². The molecule has 2 fully saturated rings. The summed E-state index contributed by atoms with van der Waals surface area (Å²) in [7, 11) is 1.93. The number of fused-ring (bicyclic) bond motifs is 1. The standard InChI is InChI=1S/C21H22N6O4/c1-26-8-7-23-20(26)21(10-22-11-21)24-9-12-3-2-4-13-16(12)19(31)27(18(13)30)14-5-6-15(28)25-17(14)29/h2-4,7-8,14,22,24H,5-6,9-11H2,1H3,(H,25,28,29). The molecule has 3 aliphatic heterocycles. The van der Waals surface area contributed by atoms with E-state index in [2.05, 4.69) is 20.9 Å². The number of aromatic nitrogens is 2. The van der Waals surface area contributed by atoms with Gasteiger partial charge in [-0.05, 0) is 18.1 Å². The number of hydrogen-bond acceptors (Lipinski definition) is 7. The van der Waals surface area contributed by atoms with Gasteiger partial charge in [-0.2, -0.15) is 0 Å². The van der Waals surface area contributed by atoms with Crippen molar-refractivity contribution in [3.63, 3.8) is 0 Å². The van der Waals surface area contributed by atoms with E-state index in [0.29, 0.717) is 30.8 Å². The summed E-state index contributed by atoms with van der Waals surface area (Å²) in [6.07, 6.45) is 3.86. The Kier molecular flexibility index (Phi) is 4.49. The largest absolute Gasteiger partial charge is 0.336 e. The second kappa shape index (κ2) is 7.10. The molecule has 2 aromatic rings. The second-order valence-corrected chi connectivity index (χ2v) is 8.19. The zero-order chi connectivity index (χ0) is 21.8. The Bertz CT molecular complexity index is 1120. The number of piperidine rings is 1. The van der Waals surface area contributed by atoms with Crippen molar-refractivity contribution >= 4 is 23.6 Å². The van der Waals surface area contributed by atoms with E-state index in [9.17, 15) is 19.2 Å². The number of nitrogens with one attached hydrogen (secondary N) is 3.